The quantitative estimate of drug-likeness (QED) is 0.626. The third-order valence-electron chi connectivity index (χ3n) is 2.88. The zero-order chi connectivity index (χ0) is 12.8. The number of nitrogens with one attached hydrogen (secondary N) is 1. The summed E-state index contributed by atoms with van der Waals surface area (Å²) in [5.41, 5.74) is 5.03. The SMILES string of the molecule is C[C@H](NN)c1ccc(OCc2ccccc2)cc1. The first-order chi connectivity index (χ1) is 8.79. The lowest BCUT2D eigenvalue weighted by Crippen LogP contribution is -2.25. The van der Waals surface area contributed by atoms with Gasteiger partial charge in [0, 0.05) is 6.04 Å². The van der Waals surface area contributed by atoms with E-state index in [0.29, 0.717) is 6.61 Å². The second-order valence-electron chi connectivity index (χ2n) is 4.23. The Hall–Kier alpha value is -1.84. The van der Waals surface area contributed by atoms with Crippen molar-refractivity contribution in [3.05, 3.63) is 65.7 Å². The molecule has 2 aromatic carbocycles. The van der Waals surface area contributed by atoms with E-state index < -0.39 is 0 Å². The molecule has 0 heterocycles. The molecular formula is C15H18N2O. The van der Waals surface area contributed by atoms with Gasteiger partial charge in [0.15, 0.2) is 0 Å². The van der Waals surface area contributed by atoms with E-state index in [4.69, 9.17) is 10.6 Å². The first-order valence-corrected chi connectivity index (χ1v) is 6.02. The van der Waals surface area contributed by atoms with Crippen LogP contribution in [0.5, 0.6) is 5.75 Å². The molecule has 0 spiro atoms. The lowest BCUT2D eigenvalue weighted by molar-refractivity contribution is 0.306. The Balaban J connectivity index is 1.94. The van der Waals surface area contributed by atoms with Gasteiger partial charge in [-0.3, -0.25) is 11.3 Å². The van der Waals surface area contributed by atoms with Crippen LogP contribution in [-0.2, 0) is 6.61 Å². The third-order valence-corrected chi connectivity index (χ3v) is 2.88. The van der Waals surface area contributed by atoms with Crippen molar-refractivity contribution < 1.29 is 4.74 Å². The maximum absolute atomic E-state index is 5.71. The Kier molecular flexibility index (Phi) is 4.34. The topological polar surface area (TPSA) is 47.3 Å². The Morgan fingerprint density at radius 1 is 1.06 bits per heavy atom. The predicted octanol–water partition coefficient (Wildman–Crippen LogP) is 2.79. The van der Waals surface area contributed by atoms with Crippen LogP contribution in [0.25, 0.3) is 0 Å². The van der Waals surface area contributed by atoms with Gasteiger partial charge >= 0.3 is 0 Å². The summed E-state index contributed by atoms with van der Waals surface area (Å²) in [6.07, 6.45) is 0. The first kappa shape index (κ1) is 12.6. The van der Waals surface area contributed by atoms with Crippen LogP contribution in [0.3, 0.4) is 0 Å². The number of benzene rings is 2. The number of ether oxygens (including phenoxy) is 1. The molecule has 3 N–H and O–H groups in total. The van der Waals surface area contributed by atoms with Gasteiger partial charge in [-0.15, -0.1) is 0 Å². The maximum Gasteiger partial charge on any atom is 0.119 e. The van der Waals surface area contributed by atoms with Crippen LogP contribution in [0.4, 0.5) is 0 Å². The van der Waals surface area contributed by atoms with E-state index in [1.165, 1.54) is 5.56 Å². The van der Waals surface area contributed by atoms with E-state index >= 15 is 0 Å². The summed E-state index contributed by atoms with van der Waals surface area (Å²) >= 11 is 0. The minimum atomic E-state index is 0.146. The number of hydrazine groups is 1. The van der Waals surface area contributed by atoms with Crippen molar-refractivity contribution >= 4 is 0 Å². The highest BCUT2D eigenvalue weighted by Gasteiger charge is 2.02. The van der Waals surface area contributed by atoms with E-state index in [1.54, 1.807) is 0 Å². The highest BCUT2D eigenvalue weighted by molar-refractivity contribution is 5.29. The molecule has 1 atom stereocenters. The molecule has 2 aromatic rings. The standard InChI is InChI=1S/C15H18N2O/c1-12(17-16)14-7-9-15(10-8-14)18-11-13-5-3-2-4-6-13/h2-10,12,17H,11,16H2,1H3/t12-/m0/s1. The van der Waals surface area contributed by atoms with E-state index in [2.05, 4.69) is 17.6 Å². The van der Waals surface area contributed by atoms with Gasteiger partial charge < -0.3 is 4.74 Å². The summed E-state index contributed by atoms with van der Waals surface area (Å²) in [4.78, 5) is 0. The molecule has 2 rings (SSSR count). The molecule has 0 aromatic heterocycles. The van der Waals surface area contributed by atoms with Crippen molar-refractivity contribution in [2.24, 2.45) is 5.84 Å². The van der Waals surface area contributed by atoms with E-state index in [1.807, 2.05) is 49.4 Å². The van der Waals surface area contributed by atoms with E-state index in [9.17, 15) is 0 Å². The first-order valence-electron chi connectivity index (χ1n) is 6.02. The average Bonchev–Trinajstić information content (AvgIpc) is 2.46. The molecule has 0 unspecified atom stereocenters. The molecule has 3 nitrogen and oxygen atoms in total. The molecule has 94 valence electrons. The molecular weight excluding hydrogens is 224 g/mol. The van der Waals surface area contributed by atoms with E-state index in [-0.39, 0.29) is 6.04 Å². The van der Waals surface area contributed by atoms with Crippen LogP contribution in [0, 0.1) is 0 Å². The van der Waals surface area contributed by atoms with Gasteiger partial charge in [0.2, 0.25) is 0 Å². The molecule has 0 saturated heterocycles. The second kappa shape index (κ2) is 6.19. The number of rotatable bonds is 5. The highest BCUT2D eigenvalue weighted by Crippen LogP contribution is 2.18. The normalized spacial score (nSPS) is 12.1. The molecule has 0 amide bonds. The van der Waals surface area contributed by atoms with Crippen LogP contribution < -0.4 is 16.0 Å². The van der Waals surface area contributed by atoms with Crippen molar-refractivity contribution in [2.75, 3.05) is 0 Å². The second-order valence-corrected chi connectivity index (χ2v) is 4.23. The summed E-state index contributed by atoms with van der Waals surface area (Å²) < 4.78 is 5.71. The summed E-state index contributed by atoms with van der Waals surface area (Å²) in [7, 11) is 0. The van der Waals surface area contributed by atoms with Crippen molar-refractivity contribution in [1.29, 1.82) is 0 Å². The zero-order valence-corrected chi connectivity index (χ0v) is 10.5. The van der Waals surface area contributed by atoms with Gasteiger partial charge in [-0.05, 0) is 30.2 Å². The zero-order valence-electron chi connectivity index (χ0n) is 10.5. The van der Waals surface area contributed by atoms with Crippen LogP contribution in [0.1, 0.15) is 24.1 Å². The summed E-state index contributed by atoms with van der Waals surface area (Å²) in [5, 5.41) is 0. The minimum Gasteiger partial charge on any atom is -0.489 e. The Morgan fingerprint density at radius 2 is 1.72 bits per heavy atom. The fraction of sp³-hybridized carbons (Fsp3) is 0.200. The maximum atomic E-state index is 5.71. The summed E-state index contributed by atoms with van der Waals surface area (Å²) in [6, 6.07) is 18.2. The Morgan fingerprint density at radius 3 is 2.33 bits per heavy atom. The largest absolute Gasteiger partial charge is 0.489 e. The third kappa shape index (κ3) is 3.32. The Labute approximate surface area is 108 Å². The van der Waals surface area contributed by atoms with Crippen molar-refractivity contribution in [3.8, 4) is 5.75 Å². The summed E-state index contributed by atoms with van der Waals surface area (Å²) in [5.74, 6) is 6.26. The molecule has 0 aliphatic carbocycles. The van der Waals surface area contributed by atoms with Crippen LogP contribution in [0.2, 0.25) is 0 Å². The summed E-state index contributed by atoms with van der Waals surface area (Å²) in [6.45, 7) is 2.60. The van der Waals surface area contributed by atoms with Crippen molar-refractivity contribution in [2.45, 2.75) is 19.6 Å². The number of hydrogen-bond acceptors (Lipinski definition) is 3. The molecule has 0 fully saturated rings. The van der Waals surface area contributed by atoms with E-state index in [0.717, 1.165) is 11.3 Å². The average molecular weight is 242 g/mol. The molecule has 0 aliphatic heterocycles. The van der Waals surface area contributed by atoms with Crippen LogP contribution in [-0.4, -0.2) is 0 Å². The molecule has 18 heavy (non-hydrogen) atoms. The van der Waals surface area contributed by atoms with Crippen molar-refractivity contribution in [1.82, 2.24) is 5.43 Å². The molecule has 0 bridgehead atoms. The van der Waals surface area contributed by atoms with Gasteiger partial charge in [-0.25, -0.2) is 0 Å². The molecule has 3 heteroatoms. The van der Waals surface area contributed by atoms with Crippen LogP contribution in [0.15, 0.2) is 54.6 Å². The van der Waals surface area contributed by atoms with Crippen molar-refractivity contribution in [3.63, 3.8) is 0 Å². The van der Waals surface area contributed by atoms with Gasteiger partial charge in [0.25, 0.3) is 0 Å². The Bertz CT molecular complexity index is 468. The predicted molar refractivity (Wildman–Crippen MR) is 73.0 cm³/mol. The lowest BCUT2D eigenvalue weighted by Gasteiger charge is -2.11. The smallest absolute Gasteiger partial charge is 0.119 e. The fourth-order valence-corrected chi connectivity index (χ4v) is 1.69. The van der Waals surface area contributed by atoms with Gasteiger partial charge in [-0.2, -0.15) is 0 Å². The van der Waals surface area contributed by atoms with Gasteiger partial charge in [0.05, 0.1) is 0 Å². The molecule has 0 aliphatic rings. The monoisotopic (exact) mass is 242 g/mol. The fourth-order valence-electron chi connectivity index (χ4n) is 1.69. The number of hydrogen-bond donors (Lipinski definition) is 2. The lowest BCUT2D eigenvalue weighted by atomic mass is 10.1. The van der Waals surface area contributed by atoms with Gasteiger partial charge in [-0.1, -0.05) is 42.5 Å². The molecule has 0 radical (unpaired) electrons. The minimum absolute atomic E-state index is 0.146. The number of nitrogens with two attached hydrogens (primary N) is 1. The highest BCUT2D eigenvalue weighted by atomic mass is 16.5. The van der Waals surface area contributed by atoms with Crippen LogP contribution >= 0.6 is 0 Å². The molecule has 0 saturated carbocycles. The van der Waals surface area contributed by atoms with Gasteiger partial charge in [0.1, 0.15) is 12.4 Å².